The summed E-state index contributed by atoms with van der Waals surface area (Å²) in [6, 6.07) is 29.4. The van der Waals surface area contributed by atoms with Crippen LogP contribution in [0.1, 0.15) is 41.5 Å². The molecule has 0 saturated heterocycles. The summed E-state index contributed by atoms with van der Waals surface area (Å²) in [6.45, 7) is 9.26. The molecule has 0 aromatic heterocycles. The minimum atomic E-state index is 0.237. The van der Waals surface area contributed by atoms with Crippen LogP contribution in [0.15, 0.2) is 151 Å². The Hall–Kier alpha value is -3.90. The van der Waals surface area contributed by atoms with E-state index >= 15 is 0 Å². The third kappa shape index (κ3) is 18.2. The molecule has 0 fully saturated rings. The van der Waals surface area contributed by atoms with E-state index in [1.54, 1.807) is 68.4 Å². The smallest absolute Gasteiger partial charge is 0.0622 e. The van der Waals surface area contributed by atoms with Gasteiger partial charge in [-0.25, -0.2) is 0 Å². The van der Waals surface area contributed by atoms with Crippen molar-refractivity contribution in [1.82, 2.24) is 0 Å². The van der Waals surface area contributed by atoms with Crippen molar-refractivity contribution in [3.05, 3.63) is 179 Å². The molecular weight excluding hydrogens is 420 g/mol. The van der Waals surface area contributed by atoms with Crippen molar-refractivity contribution in [3.8, 4) is 0 Å². The number of rotatable bonds is 0. The van der Waals surface area contributed by atoms with Gasteiger partial charge in [-0.05, 0) is 34.6 Å². The molecule has 0 N–H and O–H groups in total. The number of benzene rings is 5. The zero-order valence-electron chi connectivity index (χ0n) is 31.2. The molecule has 0 spiro atoms. The topological polar surface area (TPSA) is 0 Å². The van der Waals surface area contributed by atoms with E-state index in [0.717, 1.165) is 16.7 Å². The lowest BCUT2D eigenvalue weighted by atomic mass is 10.2. The van der Waals surface area contributed by atoms with Gasteiger partial charge in [0.1, 0.15) is 0 Å². The molecule has 0 nitrogen and oxygen atoms in total. The molecule has 0 saturated carbocycles. The van der Waals surface area contributed by atoms with Crippen molar-refractivity contribution in [2.45, 2.75) is 34.6 Å². The van der Waals surface area contributed by atoms with Crippen LogP contribution in [-0.4, -0.2) is 0 Å². The Balaban J connectivity index is 0.000000282. The van der Waals surface area contributed by atoms with Gasteiger partial charge in [0.2, 0.25) is 0 Å². The van der Waals surface area contributed by atoms with Crippen molar-refractivity contribution >= 4 is 0 Å². The molecular formula is C35H40. The Bertz CT molecular complexity index is 1530. The third-order valence-electron chi connectivity index (χ3n) is 4.02. The van der Waals surface area contributed by atoms with E-state index in [1.807, 2.05) is 32.9 Å². The zero-order chi connectivity index (χ0) is 34.3. The monoisotopic (exact) mass is 470 g/mol. The van der Waals surface area contributed by atoms with E-state index in [1.165, 1.54) is 29.8 Å². The summed E-state index contributed by atoms with van der Waals surface area (Å²) in [7, 11) is 0. The Morgan fingerprint density at radius 1 is 0.314 bits per heavy atom. The van der Waals surface area contributed by atoms with Crippen LogP contribution in [0.25, 0.3) is 0 Å². The van der Waals surface area contributed by atoms with Crippen LogP contribution in [0.5, 0.6) is 0 Å². The average molecular weight is 471 g/mol. The normalized spacial score (nSPS) is 12.7. The van der Waals surface area contributed by atoms with E-state index in [9.17, 15) is 0 Å². The van der Waals surface area contributed by atoms with Crippen LogP contribution in [0.3, 0.4) is 0 Å². The SMILES string of the molecule is [2H]c1cc([2H])c(C)c([2H])c1.[2H]c1cc([2H])cc(C)c1.[2H]c1ccc(C)c([2H])c1.[2H]c1ccc(C)cc1.[2H]c1cccc([2H])c1C. The molecule has 5 aromatic rings. The summed E-state index contributed by atoms with van der Waals surface area (Å²) in [5.74, 6) is 0. The second-order valence-electron chi connectivity index (χ2n) is 7.37. The van der Waals surface area contributed by atoms with E-state index in [0.29, 0.717) is 47.9 Å². The second-order valence-corrected chi connectivity index (χ2v) is 7.37. The van der Waals surface area contributed by atoms with E-state index in [-0.39, 0.29) is 18.1 Å². The van der Waals surface area contributed by atoms with Gasteiger partial charge < -0.3 is 0 Å². The Morgan fingerprint density at radius 2 is 0.686 bits per heavy atom. The predicted octanol–water partition coefficient (Wildman–Crippen LogP) is 9.98. The zero-order valence-corrected chi connectivity index (χ0v) is 21.2. The van der Waals surface area contributed by atoms with E-state index < -0.39 is 0 Å². The first-order valence-electron chi connectivity index (χ1n) is 16.2. The van der Waals surface area contributed by atoms with E-state index in [4.69, 9.17) is 13.7 Å². The standard InChI is InChI=1S/5C7H8/c5*1-7-5-3-2-4-6-7/h5*2-6H,1H3/i2D,5D,6D;5D,6D;3D,4D;2D,5D;2D. The summed E-state index contributed by atoms with van der Waals surface area (Å²) < 4.78 is 71.9. The van der Waals surface area contributed by atoms with Gasteiger partial charge in [0.15, 0.2) is 0 Å². The number of hydrogen-bond acceptors (Lipinski definition) is 0. The van der Waals surface area contributed by atoms with Crippen LogP contribution in [0.4, 0.5) is 0 Å². The van der Waals surface area contributed by atoms with Crippen LogP contribution in [-0.2, 0) is 0 Å². The molecule has 0 bridgehead atoms. The highest BCUT2D eigenvalue weighted by atomic mass is 13.8. The maximum atomic E-state index is 7.26. The van der Waals surface area contributed by atoms with Gasteiger partial charge in [0, 0.05) is 0 Å². The van der Waals surface area contributed by atoms with Gasteiger partial charge in [-0.3, -0.25) is 0 Å². The summed E-state index contributed by atoms with van der Waals surface area (Å²) >= 11 is 0. The van der Waals surface area contributed by atoms with Crippen molar-refractivity contribution in [2.24, 2.45) is 0 Å². The maximum Gasteiger partial charge on any atom is 0.0625 e. The summed E-state index contributed by atoms with van der Waals surface area (Å²) in [5, 5.41) is 0. The lowest BCUT2D eigenvalue weighted by molar-refractivity contribution is 1.48. The maximum absolute atomic E-state index is 7.26. The largest absolute Gasteiger partial charge is 0.0625 e. The fourth-order valence-electron chi connectivity index (χ4n) is 2.15. The highest BCUT2D eigenvalue weighted by molar-refractivity contribution is 5.14. The molecule has 0 atom stereocenters. The number of hydrogen-bond donors (Lipinski definition) is 0. The predicted molar refractivity (Wildman–Crippen MR) is 156 cm³/mol. The molecule has 5 aromatic carbocycles. The highest BCUT2D eigenvalue weighted by Gasteiger charge is 1.74. The van der Waals surface area contributed by atoms with Gasteiger partial charge in [-0.2, -0.15) is 0 Å². The first kappa shape index (κ1) is 16.7. The molecule has 0 heterocycles. The first-order chi connectivity index (χ1) is 21.0. The quantitative estimate of drug-likeness (QED) is 0.211. The van der Waals surface area contributed by atoms with Gasteiger partial charge in [0.25, 0.3) is 0 Å². The van der Waals surface area contributed by atoms with Crippen LogP contribution < -0.4 is 0 Å². The fraction of sp³-hybridized carbons (Fsp3) is 0.143. The molecule has 180 valence electrons. The van der Waals surface area contributed by atoms with Crippen molar-refractivity contribution in [1.29, 1.82) is 0 Å². The van der Waals surface area contributed by atoms with Crippen LogP contribution in [0.2, 0.25) is 0 Å². The molecule has 0 aliphatic rings. The van der Waals surface area contributed by atoms with E-state index in [2.05, 4.69) is 0 Å². The highest BCUT2D eigenvalue weighted by Crippen LogP contribution is 1.94. The van der Waals surface area contributed by atoms with Crippen molar-refractivity contribution in [2.75, 3.05) is 0 Å². The first-order valence-corrected chi connectivity index (χ1v) is 11.2. The molecule has 0 radical (unpaired) electrons. The molecule has 0 amide bonds. The molecule has 0 aliphatic heterocycles. The van der Waals surface area contributed by atoms with Gasteiger partial charge >= 0.3 is 0 Å². The van der Waals surface area contributed by atoms with Crippen LogP contribution >= 0.6 is 0 Å². The minimum Gasteiger partial charge on any atom is -0.0622 e. The summed E-state index contributed by atoms with van der Waals surface area (Å²) in [6.07, 6.45) is 0. The van der Waals surface area contributed by atoms with Crippen molar-refractivity contribution in [3.63, 3.8) is 0 Å². The molecule has 5 rings (SSSR count). The Kier molecular flexibility index (Phi) is 9.32. The summed E-state index contributed by atoms with van der Waals surface area (Å²) in [4.78, 5) is 0. The van der Waals surface area contributed by atoms with Crippen LogP contribution in [0, 0.1) is 34.6 Å². The average Bonchev–Trinajstić information content (AvgIpc) is 2.95. The lowest BCUT2D eigenvalue weighted by Gasteiger charge is -1.82. The number of aryl methyl sites for hydroxylation is 3. The Morgan fingerprint density at radius 3 is 1.17 bits per heavy atom. The lowest BCUT2D eigenvalue weighted by Crippen LogP contribution is -1.62. The minimum absolute atomic E-state index is 0.237. The van der Waals surface area contributed by atoms with Gasteiger partial charge in [-0.15, -0.1) is 0 Å². The fourth-order valence-corrected chi connectivity index (χ4v) is 2.15. The van der Waals surface area contributed by atoms with Gasteiger partial charge in [-0.1, -0.05) is 179 Å². The second kappa shape index (κ2) is 19.6. The van der Waals surface area contributed by atoms with Crippen molar-refractivity contribution < 1.29 is 13.7 Å². The summed E-state index contributed by atoms with van der Waals surface area (Å²) in [5.41, 5.74) is 4.49. The molecule has 0 unspecified atom stereocenters. The van der Waals surface area contributed by atoms with Gasteiger partial charge in [0.05, 0.1) is 13.7 Å². The third-order valence-corrected chi connectivity index (χ3v) is 4.02. The molecule has 0 aliphatic carbocycles. The molecule has 0 heteroatoms. The Labute approximate surface area is 228 Å². The molecule has 35 heavy (non-hydrogen) atoms.